The molecule has 3 nitrogen and oxygen atoms in total. The molecule has 1 N–H and O–H groups in total. The molecule has 1 aliphatic carbocycles. The summed E-state index contributed by atoms with van der Waals surface area (Å²) in [6.07, 6.45) is 5.53. The molecule has 1 rings (SSSR count). The van der Waals surface area contributed by atoms with Crippen LogP contribution in [0.2, 0.25) is 0 Å². The van der Waals surface area contributed by atoms with Crippen LogP contribution in [0, 0.1) is 5.92 Å². The lowest BCUT2D eigenvalue weighted by Gasteiger charge is -2.29. The van der Waals surface area contributed by atoms with Gasteiger partial charge in [0.1, 0.15) is 6.10 Å². The van der Waals surface area contributed by atoms with Crippen molar-refractivity contribution in [2.24, 2.45) is 5.92 Å². The highest BCUT2D eigenvalue weighted by molar-refractivity contribution is 5.80. The fraction of sp³-hybridized carbons (Fsp3) is 0.917. The third-order valence-corrected chi connectivity index (χ3v) is 3.15. The number of ether oxygens (including phenoxy) is 1. The van der Waals surface area contributed by atoms with Crippen molar-refractivity contribution >= 4 is 5.91 Å². The first-order valence-corrected chi connectivity index (χ1v) is 6.04. The molecule has 1 aliphatic rings. The van der Waals surface area contributed by atoms with Crippen molar-refractivity contribution in [1.82, 2.24) is 5.32 Å². The Morgan fingerprint density at radius 1 is 1.53 bits per heavy atom. The maximum atomic E-state index is 11.5. The van der Waals surface area contributed by atoms with Crippen LogP contribution in [0.25, 0.3) is 0 Å². The summed E-state index contributed by atoms with van der Waals surface area (Å²) >= 11 is 0. The van der Waals surface area contributed by atoms with Gasteiger partial charge in [0.2, 0.25) is 5.91 Å². The van der Waals surface area contributed by atoms with Crippen LogP contribution in [0.3, 0.4) is 0 Å². The van der Waals surface area contributed by atoms with E-state index >= 15 is 0 Å². The highest BCUT2D eigenvalue weighted by Gasteiger charge is 2.24. The number of carbonyl (C=O) groups excluding carboxylic acids is 1. The molecule has 3 atom stereocenters. The summed E-state index contributed by atoms with van der Waals surface area (Å²) in [4.78, 5) is 11.5. The third kappa shape index (κ3) is 3.82. The predicted octanol–water partition coefficient (Wildman–Crippen LogP) is 2.11. The van der Waals surface area contributed by atoms with Crippen LogP contribution in [0.15, 0.2) is 0 Å². The summed E-state index contributed by atoms with van der Waals surface area (Å²) in [6.45, 7) is 4.25. The minimum Gasteiger partial charge on any atom is -0.365 e. The number of carbonyl (C=O) groups is 1. The molecule has 0 aromatic heterocycles. The predicted molar refractivity (Wildman–Crippen MR) is 60.7 cm³/mol. The third-order valence-electron chi connectivity index (χ3n) is 3.15. The minimum atomic E-state index is -0.259. The van der Waals surface area contributed by atoms with Crippen LogP contribution in [0.1, 0.15) is 46.0 Å². The highest BCUT2D eigenvalue weighted by atomic mass is 16.5. The average Bonchev–Trinajstić information content (AvgIpc) is 2.25. The number of rotatable bonds is 4. The van der Waals surface area contributed by atoms with Crippen molar-refractivity contribution in [2.75, 3.05) is 7.05 Å². The van der Waals surface area contributed by atoms with Crippen LogP contribution < -0.4 is 5.32 Å². The zero-order valence-corrected chi connectivity index (χ0v) is 10.1. The van der Waals surface area contributed by atoms with E-state index in [2.05, 4.69) is 12.2 Å². The number of amides is 1. The normalized spacial score (nSPS) is 28.5. The van der Waals surface area contributed by atoms with E-state index in [9.17, 15) is 4.79 Å². The molecule has 88 valence electrons. The molecule has 1 amide bonds. The van der Waals surface area contributed by atoms with E-state index in [1.54, 1.807) is 7.05 Å². The van der Waals surface area contributed by atoms with E-state index in [-0.39, 0.29) is 18.1 Å². The highest BCUT2D eigenvalue weighted by Crippen LogP contribution is 2.26. The van der Waals surface area contributed by atoms with Gasteiger partial charge in [-0.1, -0.05) is 26.7 Å². The van der Waals surface area contributed by atoms with E-state index in [1.807, 2.05) is 6.92 Å². The van der Waals surface area contributed by atoms with Crippen molar-refractivity contribution in [3.8, 4) is 0 Å². The molecule has 0 aliphatic heterocycles. The molecular weight excluding hydrogens is 190 g/mol. The van der Waals surface area contributed by atoms with Gasteiger partial charge in [-0.2, -0.15) is 0 Å². The van der Waals surface area contributed by atoms with Gasteiger partial charge in [0.15, 0.2) is 0 Å². The molecular formula is C12H23NO2. The van der Waals surface area contributed by atoms with Gasteiger partial charge >= 0.3 is 0 Å². The lowest BCUT2D eigenvalue weighted by molar-refractivity contribution is -0.138. The second-order valence-electron chi connectivity index (χ2n) is 4.54. The number of hydrogen-bond acceptors (Lipinski definition) is 2. The molecule has 0 aromatic rings. The Balaban J connectivity index is 2.40. The van der Waals surface area contributed by atoms with Crippen LogP contribution in [0.5, 0.6) is 0 Å². The number of likely N-dealkylation sites (N-methyl/N-ethyl adjacent to an activating group) is 1. The zero-order valence-electron chi connectivity index (χ0n) is 10.1. The summed E-state index contributed by atoms with van der Waals surface area (Å²) in [6, 6.07) is 0. The van der Waals surface area contributed by atoms with Crippen LogP contribution in [0.4, 0.5) is 0 Å². The fourth-order valence-electron chi connectivity index (χ4n) is 2.24. The van der Waals surface area contributed by atoms with Gasteiger partial charge in [-0.05, 0) is 25.2 Å². The van der Waals surface area contributed by atoms with E-state index in [0.29, 0.717) is 0 Å². The maximum Gasteiger partial charge on any atom is 0.248 e. The second kappa shape index (κ2) is 6.11. The summed E-state index contributed by atoms with van der Waals surface area (Å²) in [5.41, 5.74) is 0. The Morgan fingerprint density at radius 3 is 2.80 bits per heavy atom. The van der Waals surface area contributed by atoms with Gasteiger partial charge in [0.05, 0.1) is 6.10 Å². The Hall–Kier alpha value is -0.570. The largest absolute Gasteiger partial charge is 0.365 e. The molecule has 3 unspecified atom stereocenters. The van der Waals surface area contributed by atoms with Gasteiger partial charge in [0.25, 0.3) is 0 Å². The fourth-order valence-corrected chi connectivity index (χ4v) is 2.24. The van der Waals surface area contributed by atoms with Crippen molar-refractivity contribution in [2.45, 2.75) is 58.2 Å². The van der Waals surface area contributed by atoms with Gasteiger partial charge in [-0.15, -0.1) is 0 Å². The molecule has 0 heterocycles. The first-order valence-electron chi connectivity index (χ1n) is 6.04. The van der Waals surface area contributed by atoms with E-state index in [4.69, 9.17) is 4.74 Å². The minimum absolute atomic E-state index is 0.00993. The zero-order chi connectivity index (χ0) is 11.3. The number of hydrogen-bond donors (Lipinski definition) is 1. The van der Waals surface area contributed by atoms with Gasteiger partial charge in [-0.3, -0.25) is 4.79 Å². The summed E-state index contributed by atoms with van der Waals surface area (Å²) in [5.74, 6) is 0.752. The summed E-state index contributed by atoms with van der Waals surface area (Å²) < 4.78 is 5.85. The molecule has 0 spiro atoms. The quantitative estimate of drug-likeness (QED) is 0.776. The first-order chi connectivity index (χ1) is 7.17. The lowest BCUT2D eigenvalue weighted by atomic mass is 9.88. The Labute approximate surface area is 92.6 Å². The number of nitrogens with one attached hydrogen (secondary N) is 1. The Bertz CT molecular complexity index is 206. The SMILES string of the molecule is CCC(OC1CCCC(C)C1)C(=O)NC. The molecule has 0 radical (unpaired) electrons. The first kappa shape index (κ1) is 12.5. The Morgan fingerprint density at radius 2 is 2.27 bits per heavy atom. The smallest absolute Gasteiger partial charge is 0.248 e. The average molecular weight is 213 g/mol. The van der Waals surface area contributed by atoms with Crippen LogP contribution >= 0.6 is 0 Å². The van der Waals surface area contributed by atoms with Crippen molar-refractivity contribution < 1.29 is 9.53 Å². The van der Waals surface area contributed by atoms with Crippen LogP contribution in [-0.2, 0) is 9.53 Å². The molecule has 15 heavy (non-hydrogen) atoms. The molecule has 1 fully saturated rings. The maximum absolute atomic E-state index is 11.5. The molecule has 1 saturated carbocycles. The molecule has 0 saturated heterocycles. The molecule has 3 heteroatoms. The van der Waals surface area contributed by atoms with Crippen molar-refractivity contribution in [3.63, 3.8) is 0 Å². The summed E-state index contributed by atoms with van der Waals surface area (Å²) in [7, 11) is 1.66. The van der Waals surface area contributed by atoms with E-state index < -0.39 is 0 Å². The Kier molecular flexibility index (Phi) is 5.09. The standard InChI is InChI=1S/C12H23NO2/c1-4-11(12(14)13-3)15-10-7-5-6-9(2)8-10/h9-11H,4-8H2,1-3H3,(H,13,14). The lowest BCUT2D eigenvalue weighted by Crippen LogP contribution is -2.37. The summed E-state index contributed by atoms with van der Waals surface area (Å²) in [5, 5.41) is 2.65. The second-order valence-corrected chi connectivity index (χ2v) is 4.54. The van der Waals surface area contributed by atoms with Crippen molar-refractivity contribution in [3.05, 3.63) is 0 Å². The van der Waals surface area contributed by atoms with Crippen molar-refractivity contribution in [1.29, 1.82) is 0 Å². The van der Waals surface area contributed by atoms with E-state index in [0.717, 1.165) is 25.2 Å². The van der Waals surface area contributed by atoms with Gasteiger partial charge < -0.3 is 10.1 Å². The molecule has 0 aromatic carbocycles. The van der Waals surface area contributed by atoms with E-state index in [1.165, 1.54) is 12.8 Å². The van der Waals surface area contributed by atoms with Gasteiger partial charge in [0, 0.05) is 7.05 Å². The topological polar surface area (TPSA) is 38.3 Å². The van der Waals surface area contributed by atoms with Crippen LogP contribution in [-0.4, -0.2) is 25.2 Å². The molecule has 0 bridgehead atoms. The van der Waals surface area contributed by atoms with Gasteiger partial charge in [-0.25, -0.2) is 0 Å². The monoisotopic (exact) mass is 213 g/mol.